The lowest BCUT2D eigenvalue weighted by molar-refractivity contribution is 0.316. The molecule has 1 nitrogen and oxygen atoms in total. The molecule has 17 heavy (non-hydrogen) atoms. The van der Waals surface area contributed by atoms with Crippen molar-refractivity contribution in [1.29, 1.82) is 0 Å². The average molecular weight is 259 g/mol. The van der Waals surface area contributed by atoms with Gasteiger partial charge in [-0.25, -0.2) is 0 Å². The standard InChI is InChI=1S/C15H34OSi/c1-5-9-10-11-12-13-15-17(8-4,14-6-2)16-7-3/h5-15H2,1-4H3. The van der Waals surface area contributed by atoms with E-state index in [4.69, 9.17) is 4.43 Å². The minimum Gasteiger partial charge on any atom is -0.417 e. The summed E-state index contributed by atoms with van der Waals surface area (Å²) >= 11 is 0. The van der Waals surface area contributed by atoms with Gasteiger partial charge >= 0.3 is 0 Å². The third kappa shape index (κ3) is 7.99. The topological polar surface area (TPSA) is 9.23 Å². The summed E-state index contributed by atoms with van der Waals surface area (Å²) in [6.45, 7) is 10.0. The molecule has 0 bridgehead atoms. The van der Waals surface area contributed by atoms with Gasteiger partial charge in [0.05, 0.1) is 0 Å². The molecule has 104 valence electrons. The van der Waals surface area contributed by atoms with Crippen LogP contribution in [0.5, 0.6) is 0 Å². The fourth-order valence-electron chi connectivity index (χ4n) is 2.71. The molecule has 0 aromatic heterocycles. The zero-order valence-corrected chi connectivity index (χ0v) is 13.7. The first-order chi connectivity index (χ1) is 8.24. The second-order valence-corrected chi connectivity index (χ2v) is 9.60. The van der Waals surface area contributed by atoms with E-state index in [0.29, 0.717) is 0 Å². The van der Waals surface area contributed by atoms with E-state index in [1.165, 1.54) is 63.1 Å². The minimum absolute atomic E-state index is 0.926. The maximum atomic E-state index is 6.19. The van der Waals surface area contributed by atoms with Gasteiger partial charge in [0.25, 0.3) is 0 Å². The summed E-state index contributed by atoms with van der Waals surface area (Å²) in [5, 5.41) is 0. The molecule has 0 aromatic rings. The first kappa shape index (κ1) is 17.2. The van der Waals surface area contributed by atoms with Gasteiger partial charge in [0.1, 0.15) is 0 Å². The number of rotatable bonds is 12. The van der Waals surface area contributed by atoms with Gasteiger partial charge in [-0.15, -0.1) is 0 Å². The zero-order valence-electron chi connectivity index (χ0n) is 12.7. The van der Waals surface area contributed by atoms with Crippen LogP contribution in [-0.2, 0) is 4.43 Å². The zero-order chi connectivity index (χ0) is 13.0. The van der Waals surface area contributed by atoms with Crippen LogP contribution in [0.25, 0.3) is 0 Å². The lowest BCUT2D eigenvalue weighted by atomic mass is 10.1. The van der Waals surface area contributed by atoms with E-state index >= 15 is 0 Å². The molecule has 0 aromatic carbocycles. The molecule has 1 unspecified atom stereocenters. The van der Waals surface area contributed by atoms with Crippen molar-refractivity contribution in [1.82, 2.24) is 0 Å². The van der Waals surface area contributed by atoms with Crippen LogP contribution < -0.4 is 0 Å². The molecule has 0 saturated carbocycles. The van der Waals surface area contributed by atoms with Gasteiger partial charge < -0.3 is 4.43 Å². The van der Waals surface area contributed by atoms with Crippen molar-refractivity contribution in [2.45, 2.75) is 90.8 Å². The molecule has 0 rings (SSSR count). The van der Waals surface area contributed by atoms with E-state index in [1.807, 2.05) is 0 Å². The van der Waals surface area contributed by atoms with E-state index in [1.54, 1.807) is 0 Å². The van der Waals surface area contributed by atoms with Gasteiger partial charge in [-0.3, -0.25) is 0 Å². The maximum Gasteiger partial charge on any atom is 0.192 e. The van der Waals surface area contributed by atoms with Crippen LogP contribution in [0.2, 0.25) is 18.1 Å². The maximum absolute atomic E-state index is 6.19. The normalized spacial score (nSPS) is 14.8. The van der Waals surface area contributed by atoms with E-state index in [2.05, 4.69) is 27.7 Å². The summed E-state index contributed by atoms with van der Waals surface area (Å²) in [6, 6.07) is 4.08. The molecule has 0 N–H and O–H groups in total. The summed E-state index contributed by atoms with van der Waals surface area (Å²) in [5.74, 6) is 0. The molecule has 0 saturated heterocycles. The molecule has 0 aliphatic heterocycles. The van der Waals surface area contributed by atoms with Crippen molar-refractivity contribution in [3.05, 3.63) is 0 Å². The molecule has 0 fully saturated rings. The smallest absolute Gasteiger partial charge is 0.192 e. The van der Waals surface area contributed by atoms with Crippen molar-refractivity contribution in [3.63, 3.8) is 0 Å². The van der Waals surface area contributed by atoms with E-state index in [-0.39, 0.29) is 0 Å². The van der Waals surface area contributed by atoms with E-state index in [0.717, 1.165) is 6.61 Å². The fourth-order valence-corrected chi connectivity index (χ4v) is 6.58. The average Bonchev–Trinajstić information content (AvgIpc) is 2.34. The Morgan fingerprint density at radius 1 is 0.706 bits per heavy atom. The fraction of sp³-hybridized carbons (Fsp3) is 1.00. The van der Waals surface area contributed by atoms with Gasteiger partial charge in [-0.05, 0) is 25.1 Å². The first-order valence-electron chi connectivity index (χ1n) is 7.88. The highest BCUT2D eigenvalue weighted by Gasteiger charge is 2.30. The number of hydrogen-bond donors (Lipinski definition) is 0. The van der Waals surface area contributed by atoms with Crippen LogP contribution in [0, 0.1) is 0 Å². The van der Waals surface area contributed by atoms with Crippen LogP contribution >= 0.6 is 0 Å². The van der Waals surface area contributed by atoms with Crippen molar-refractivity contribution >= 4 is 8.32 Å². The van der Waals surface area contributed by atoms with Gasteiger partial charge in [0, 0.05) is 6.61 Å². The summed E-state index contributed by atoms with van der Waals surface area (Å²) in [7, 11) is -1.34. The first-order valence-corrected chi connectivity index (χ1v) is 10.4. The molecule has 0 amide bonds. The van der Waals surface area contributed by atoms with Crippen LogP contribution in [0.1, 0.15) is 72.6 Å². The highest BCUT2D eigenvalue weighted by atomic mass is 28.4. The van der Waals surface area contributed by atoms with Crippen LogP contribution in [-0.4, -0.2) is 14.9 Å². The quantitative estimate of drug-likeness (QED) is 0.319. The largest absolute Gasteiger partial charge is 0.417 e. The molecular formula is C15H34OSi. The number of unbranched alkanes of at least 4 members (excludes halogenated alkanes) is 5. The summed E-state index contributed by atoms with van der Waals surface area (Å²) < 4.78 is 6.19. The molecule has 2 heteroatoms. The Hall–Kier alpha value is 0.177. The Kier molecular flexibility index (Phi) is 11.4. The van der Waals surface area contributed by atoms with Crippen LogP contribution in [0.3, 0.4) is 0 Å². The lowest BCUT2D eigenvalue weighted by Gasteiger charge is -2.29. The summed E-state index contributed by atoms with van der Waals surface area (Å²) in [5.41, 5.74) is 0. The van der Waals surface area contributed by atoms with Crippen molar-refractivity contribution < 1.29 is 4.43 Å². The predicted octanol–water partition coefficient (Wildman–Crippen LogP) is 5.76. The van der Waals surface area contributed by atoms with Gasteiger partial charge in [-0.2, -0.15) is 0 Å². The SMILES string of the molecule is CCCCCCCC[Si](CC)(CCC)OCC. The Labute approximate surface area is 110 Å². The Morgan fingerprint density at radius 3 is 1.88 bits per heavy atom. The highest BCUT2D eigenvalue weighted by Crippen LogP contribution is 2.27. The Balaban J connectivity index is 3.82. The molecule has 0 aliphatic rings. The van der Waals surface area contributed by atoms with Gasteiger partial charge in [0.15, 0.2) is 8.32 Å². The summed E-state index contributed by atoms with van der Waals surface area (Å²) in [6.07, 6.45) is 9.75. The Bertz CT molecular complexity index is 153. The Morgan fingerprint density at radius 2 is 1.35 bits per heavy atom. The predicted molar refractivity (Wildman–Crippen MR) is 81.1 cm³/mol. The number of hydrogen-bond acceptors (Lipinski definition) is 1. The van der Waals surface area contributed by atoms with Crippen LogP contribution in [0.15, 0.2) is 0 Å². The molecule has 0 radical (unpaired) electrons. The molecule has 1 atom stereocenters. The third-order valence-corrected chi connectivity index (χ3v) is 8.65. The van der Waals surface area contributed by atoms with Crippen molar-refractivity contribution in [2.75, 3.05) is 6.61 Å². The third-order valence-electron chi connectivity index (χ3n) is 3.79. The molecular weight excluding hydrogens is 224 g/mol. The van der Waals surface area contributed by atoms with E-state index in [9.17, 15) is 0 Å². The second kappa shape index (κ2) is 11.3. The monoisotopic (exact) mass is 258 g/mol. The molecule has 0 heterocycles. The van der Waals surface area contributed by atoms with E-state index < -0.39 is 8.32 Å². The summed E-state index contributed by atoms with van der Waals surface area (Å²) in [4.78, 5) is 0. The molecule has 0 aliphatic carbocycles. The minimum atomic E-state index is -1.34. The second-order valence-electron chi connectivity index (χ2n) is 5.24. The van der Waals surface area contributed by atoms with Crippen molar-refractivity contribution in [3.8, 4) is 0 Å². The van der Waals surface area contributed by atoms with Crippen LogP contribution in [0.4, 0.5) is 0 Å². The van der Waals surface area contributed by atoms with Gasteiger partial charge in [0.2, 0.25) is 0 Å². The lowest BCUT2D eigenvalue weighted by Crippen LogP contribution is -2.37. The highest BCUT2D eigenvalue weighted by molar-refractivity contribution is 6.73. The molecule has 0 spiro atoms. The van der Waals surface area contributed by atoms with Crippen molar-refractivity contribution in [2.24, 2.45) is 0 Å². The van der Waals surface area contributed by atoms with Gasteiger partial charge in [-0.1, -0.05) is 65.7 Å².